The van der Waals surface area contributed by atoms with Crippen molar-refractivity contribution in [2.75, 3.05) is 46.3 Å². The van der Waals surface area contributed by atoms with Gasteiger partial charge in [-0.05, 0) is 44.5 Å². The van der Waals surface area contributed by atoms with Gasteiger partial charge in [0.15, 0.2) is 11.3 Å². The number of rotatable bonds is 3. The minimum atomic E-state index is -3.61. The molecule has 9 heteroatoms. The summed E-state index contributed by atoms with van der Waals surface area (Å²) in [5.74, 6) is -0.192. The van der Waals surface area contributed by atoms with E-state index in [4.69, 9.17) is 4.52 Å². The van der Waals surface area contributed by atoms with Crippen LogP contribution < -0.4 is 0 Å². The molecule has 0 spiro atoms. The molecule has 0 N–H and O–H groups in total. The smallest absolute Gasteiger partial charge is 0.276 e. The Kier molecular flexibility index (Phi) is 4.92. The van der Waals surface area contributed by atoms with Gasteiger partial charge in [0.2, 0.25) is 10.0 Å². The monoisotopic (exact) mass is 392 g/mol. The van der Waals surface area contributed by atoms with E-state index in [2.05, 4.69) is 10.1 Å². The highest BCUT2D eigenvalue weighted by Gasteiger charge is 2.29. The van der Waals surface area contributed by atoms with Crippen LogP contribution in [-0.4, -0.2) is 79.9 Å². The molecule has 0 bridgehead atoms. The highest BCUT2D eigenvalue weighted by molar-refractivity contribution is 7.89. The quantitative estimate of drug-likeness (QED) is 0.785. The van der Waals surface area contributed by atoms with Crippen LogP contribution in [-0.2, 0) is 10.0 Å². The van der Waals surface area contributed by atoms with Crippen LogP contribution in [0.1, 0.15) is 29.8 Å². The number of benzene rings is 1. The lowest BCUT2D eigenvalue weighted by molar-refractivity contribution is 0.0716. The third-order valence-electron chi connectivity index (χ3n) is 5.39. The van der Waals surface area contributed by atoms with Crippen molar-refractivity contribution in [2.45, 2.75) is 24.2 Å². The summed E-state index contributed by atoms with van der Waals surface area (Å²) in [6.07, 6.45) is 3.08. The zero-order valence-electron chi connectivity index (χ0n) is 15.4. The third kappa shape index (κ3) is 3.46. The topological polar surface area (TPSA) is 87.0 Å². The van der Waals surface area contributed by atoms with Crippen LogP contribution in [0, 0.1) is 0 Å². The maximum Gasteiger partial charge on any atom is 0.276 e. The van der Waals surface area contributed by atoms with Crippen LogP contribution in [0.25, 0.3) is 11.0 Å². The molecule has 2 aromatic rings. The number of amides is 1. The number of carbonyl (C=O) groups excluding carboxylic acids is 1. The lowest BCUT2D eigenvalue weighted by Crippen LogP contribution is -2.47. The Morgan fingerprint density at radius 2 is 1.74 bits per heavy atom. The van der Waals surface area contributed by atoms with Crippen LogP contribution in [0.4, 0.5) is 0 Å². The molecule has 2 saturated heterocycles. The molecule has 146 valence electrons. The standard InChI is InChI=1S/C18H24N4O4S/c1-20-9-11-22(12-10-20)27(24,25)14-5-6-16-15(13-14)17(19-26-16)18(23)21-7-3-2-4-8-21/h5-6,13H,2-4,7-12H2,1H3. The minimum Gasteiger partial charge on any atom is -0.355 e. The highest BCUT2D eigenvalue weighted by Crippen LogP contribution is 2.26. The van der Waals surface area contributed by atoms with Crippen LogP contribution in [0.2, 0.25) is 0 Å². The molecule has 2 aliphatic rings. The van der Waals surface area contributed by atoms with E-state index in [-0.39, 0.29) is 16.5 Å². The largest absolute Gasteiger partial charge is 0.355 e. The number of sulfonamides is 1. The molecule has 0 atom stereocenters. The first-order valence-corrected chi connectivity index (χ1v) is 10.8. The number of piperidine rings is 1. The molecule has 27 heavy (non-hydrogen) atoms. The SMILES string of the molecule is CN1CCN(S(=O)(=O)c2ccc3onc(C(=O)N4CCCCC4)c3c2)CC1. The average molecular weight is 392 g/mol. The minimum absolute atomic E-state index is 0.176. The van der Waals surface area contributed by atoms with Crippen molar-refractivity contribution in [3.8, 4) is 0 Å². The van der Waals surface area contributed by atoms with Gasteiger partial charge in [0.25, 0.3) is 5.91 Å². The van der Waals surface area contributed by atoms with Gasteiger partial charge in [-0.3, -0.25) is 4.79 Å². The molecule has 0 unspecified atom stereocenters. The van der Waals surface area contributed by atoms with Gasteiger partial charge in [-0.1, -0.05) is 5.16 Å². The van der Waals surface area contributed by atoms with Gasteiger partial charge in [0, 0.05) is 39.3 Å². The second kappa shape index (κ2) is 7.21. The van der Waals surface area contributed by atoms with E-state index in [1.165, 1.54) is 16.4 Å². The maximum atomic E-state index is 13.0. The van der Waals surface area contributed by atoms with Gasteiger partial charge in [-0.2, -0.15) is 4.31 Å². The Morgan fingerprint density at radius 1 is 1.04 bits per heavy atom. The second-order valence-corrected chi connectivity index (χ2v) is 9.19. The average Bonchev–Trinajstić information content (AvgIpc) is 3.11. The van der Waals surface area contributed by atoms with Crippen molar-refractivity contribution < 1.29 is 17.7 Å². The van der Waals surface area contributed by atoms with E-state index in [1.54, 1.807) is 11.0 Å². The molecule has 1 amide bonds. The molecule has 1 aromatic heterocycles. The van der Waals surface area contributed by atoms with E-state index in [9.17, 15) is 13.2 Å². The lowest BCUT2D eigenvalue weighted by Gasteiger charge is -2.31. The number of hydrogen-bond donors (Lipinski definition) is 0. The van der Waals surface area contributed by atoms with Crippen molar-refractivity contribution in [1.82, 2.24) is 19.3 Å². The van der Waals surface area contributed by atoms with Crippen molar-refractivity contribution in [1.29, 1.82) is 0 Å². The molecule has 8 nitrogen and oxygen atoms in total. The van der Waals surface area contributed by atoms with E-state index in [1.807, 2.05) is 7.05 Å². The highest BCUT2D eigenvalue weighted by atomic mass is 32.2. The number of piperazine rings is 1. The number of hydrogen-bond acceptors (Lipinski definition) is 6. The Labute approximate surface area is 158 Å². The second-order valence-electron chi connectivity index (χ2n) is 7.25. The number of fused-ring (bicyclic) bond motifs is 1. The molecule has 0 aliphatic carbocycles. The molecule has 2 aliphatic heterocycles. The summed E-state index contributed by atoms with van der Waals surface area (Å²) in [5, 5.41) is 4.39. The van der Waals surface area contributed by atoms with Gasteiger partial charge in [0.05, 0.1) is 10.3 Å². The molecule has 0 radical (unpaired) electrons. The Morgan fingerprint density at radius 3 is 2.44 bits per heavy atom. The number of likely N-dealkylation sites (tertiary alicyclic amines) is 1. The summed E-state index contributed by atoms with van der Waals surface area (Å²) in [7, 11) is -1.63. The van der Waals surface area contributed by atoms with E-state index in [0.717, 1.165) is 19.3 Å². The summed E-state index contributed by atoms with van der Waals surface area (Å²) in [5.41, 5.74) is 0.620. The maximum absolute atomic E-state index is 13.0. The first kappa shape index (κ1) is 18.4. The van der Waals surface area contributed by atoms with Crippen LogP contribution in [0.5, 0.6) is 0 Å². The number of aromatic nitrogens is 1. The Hall–Kier alpha value is -1.97. The van der Waals surface area contributed by atoms with Crippen LogP contribution in [0.3, 0.4) is 0 Å². The summed E-state index contributed by atoms with van der Waals surface area (Å²) in [4.78, 5) is 16.9. The summed E-state index contributed by atoms with van der Waals surface area (Å²) in [6, 6.07) is 4.63. The number of nitrogens with zero attached hydrogens (tertiary/aromatic N) is 4. The third-order valence-corrected chi connectivity index (χ3v) is 7.28. The van der Waals surface area contributed by atoms with E-state index in [0.29, 0.717) is 50.2 Å². The van der Waals surface area contributed by atoms with E-state index >= 15 is 0 Å². The van der Waals surface area contributed by atoms with Crippen LogP contribution in [0.15, 0.2) is 27.6 Å². The molecule has 2 fully saturated rings. The van der Waals surface area contributed by atoms with Crippen molar-refractivity contribution >= 4 is 26.9 Å². The van der Waals surface area contributed by atoms with Crippen molar-refractivity contribution in [3.63, 3.8) is 0 Å². The predicted octanol–water partition coefficient (Wildman–Crippen LogP) is 1.39. The van der Waals surface area contributed by atoms with E-state index < -0.39 is 10.0 Å². The van der Waals surface area contributed by atoms with Gasteiger partial charge in [0.1, 0.15) is 0 Å². The fraction of sp³-hybridized carbons (Fsp3) is 0.556. The first-order valence-electron chi connectivity index (χ1n) is 9.34. The first-order chi connectivity index (χ1) is 13.0. The molecule has 0 saturated carbocycles. The fourth-order valence-electron chi connectivity index (χ4n) is 3.66. The van der Waals surface area contributed by atoms with Gasteiger partial charge in [-0.25, -0.2) is 8.42 Å². The molecular weight excluding hydrogens is 368 g/mol. The summed E-state index contributed by atoms with van der Waals surface area (Å²) in [6.45, 7) is 3.72. The normalized spacial score (nSPS) is 20.3. The zero-order chi connectivity index (χ0) is 19.0. The van der Waals surface area contributed by atoms with Crippen molar-refractivity contribution in [3.05, 3.63) is 23.9 Å². The van der Waals surface area contributed by atoms with Crippen molar-refractivity contribution in [2.24, 2.45) is 0 Å². The Balaban J connectivity index is 1.66. The van der Waals surface area contributed by atoms with Gasteiger partial charge in [-0.15, -0.1) is 0 Å². The van der Waals surface area contributed by atoms with Gasteiger partial charge < -0.3 is 14.3 Å². The van der Waals surface area contributed by atoms with Crippen LogP contribution >= 0.6 is 0 Å². The molecule has 4 rings (SSSR count). The fourth-order valence-corrected chi connectivity index (χ4v) is 5.11. The van der Waals surface area contributed by atoms with Gasteiger partial charge >= 0.3 is 0 Å². The summed E-state index contributed by atoms with van der Waals surface area (Å²) < 4.78 is 32.8. The zero-order valence-corrected chi connectivity index (χ0v) is 16.2. The molecule has 3 heterocycles. The number of likely N-dealkylation sites (N-methyl/N-ethyl adjacent to an activating group) is 1. The molecular formula is C18H24N4O4S. The summed E-state index contributed by atoms with van der Waals surface area (Å²) >= 11 is 0. The Bertz CT molecular complexity index is 941. The molecule has 1 aromatic carbocycles. The lowest BCUT2D eigenvalue weighted by atomic mass is 10.1. The number of carbonyl (C=O) groups is 1. The predicted molar refractivity (Wildman–Crippen MR) is 100 cm³/mol.